The molecule has 0 saturated heterocycles. The van der Waals surface area contributed by atoms with Gasteiger partial charge in [0.25, 0.3) is 0 Å². The van der Waals surface area contributed by atoms with Crippen molar-refractivity contribution in [3.8, 4) is 17.0 Å². The minimum absolute atomic E-state index is 0.318. The molecule has 1 N–H and O–H groups in total. The molecule has 0 atom stereocenters. The lowest BCUT2D eigenvalue weighted by atomic mass is 10.1. The van der Waals surface area contributed by atoms with Gasteiger partial charge in [-0.05, 0) is 12.1 Å². The van der Waals surface area contributed by atoms with E-state index in [4.69, 9.17) is 4.74 Å². The molecule has 2 aromatic carbocycles. The van der Waals surface area contributed by atoms with Crippen molar-refractivity contribution in [2.45, 2.75) is 6.92 Å². The molecule has 0 fully saturated rings. The number of benzene rings is 2. The van der Waals surface area contributed by atoms with Crippen LogP contribution in [0.2, 0.25) is 0 Å². The Labute approximate surface area is 110 Å². The van der Waals surface area contributed by atoms with E-state index in [1.165, 1.54) is 6.92 Å². The van der Waals surface area contributed by atoms with Crippen molar-refractivity contribution >= 4 is 16.9 Å². The first-order chi connectivity index (χ1) is 9.25. The van der Waals surface area contributed by atoms with Gasteiger partial charge in [-0.25, -0.2) is 0 Å². The number of hydrogen-bond donors (Lipinski definition) is 1. The first kappa shape index (κ1) is 11.5. The Morgan fingerprint density at radius 3 is 2.42 bits per heavy atom. The van der Waals surface area contributed by atoms with Gasteiger partial charge in [0.15, 0.2) is 5.75 Å². The van der Waals surface area contributed by atoms with Crippen LogP contribution in [0.3, 0.4) is 0 Å². The standard InChI is InChI=1S/C16H13NO2/c1-11(18)19-16-13-9-5-6-10-14(13)17-15(16)12-7-3-2-4-8-12/h2-10,17H,1H3. The molecule has 1 aromatic heterocycles. The van der Waals surface area contributed by atoms with E-state index < -0.39 is 0 Å². The Balaban J connectivity index is 2.26. The fourth-order valence-electron chi connectivity index (χ4n) is 2.17. The summed E-state index contributed by atoms with van der Waals surface area (Å²) in [5.41, 5.74) is 2.78. The number of rotatable bonds is 2. The van der Waals surface area contributed by atoms with Crippen LogP contribution in [-0.4, -0.2) is 11.0 Å². The third-order valence-corrected chi connectivity index (χ3v) is 2.97. The first-order valence-corrected chi connectivity index (χ1v) is 6.10. The molecule has 0 aliphatic rings. The van der Waals surface area contributed by atoms with Gasteiger partial charge in [0.05, 0.1) is 5.69 Å². The summed E-state index contributed by atoms with van der Waals surface area (Å²) in [6.45, 7) is 1.41. The predicted octanol–water partition coefficient (Wildman–Crippen LogP) is 3.76. The number of H-pyrrole nitrogens is 1. The van der Waals surface area contributed by atoms with Crippen LogP contribution < -0.4 is 4.74 Å². The number of para-hydroxylation sites is 1. The van der Waals surface area contributed by atoms with Crippen LogP contribution in [0.25, 0.3) is 22.2 Å². The van der Waals surface area contributed by atoms with Crippen LogP contribution in [0.1, 0.15) is 6.92 Å². The maximum Gasteiger partial charge on any atom is 0.308 e. The third kappa shape index (κ3) is 2.10. The van der Waals surface area contributed by atoms with E-state index in [1.807, 2.05) is 54.6 Å². The van der Waals surface area contributed by atoms with Crippen molar-refractivity contribution in [3.05, 3.63) is 54.6 Å². The Hall–Kier alpha value is -2.55. The molecule has 19 heavy (non-hydrogen) atoms. The number of aromatic nitrogens is 1. The van der Waals surface area contributed by atoms with Crippen molar-refractivity contribution in [1.29, 1.82) is 0 Å². The summed E-state index contributed by atoms with van der Waals surface area (Å²) in [6.07, 6.45) is 0. The van der Waals surface area contributed by atoms with Crippen molar-refractivity contribution in [1.82, 2.24) is 4.98 Å². The lowest BCUT2D eigenvalue weighted by molar-refractivity contribution is -0.131. The maximum atomic E-state index is 11.3. The molecule has 94 valence electrons. The second-order valence-corrected chi connectivity index (χ2v) is 4.33. The van der Waals surface area contributed by atoms with Gasteiger partial charge in [-0.1, -0.05) is 42.5 Å². The van der Waals surface area contributed by atoms with Crippen LogP contribution in [-0.2, 0) is 4.79 Å². The monoisotopic (exact) mass is 251 g/mol. The van der Waals surface area contributed by atoms with Crippen LogP contribution in [0.4, 0.5) is 0 Å². The number of nitrogens with one attached hydrogen (secondary N) is 1. The first-order valence-electron chi connectivity index (χ1n) is 6.10. The van der Waals surface area contributed by atoms with Gasteiger partial charge in [0.2, 0.25) is 0 Å². The van der Waals surface area contributed by atoms with Crippen molar-refractivity contribution in [3.63, 3.8) is 0 Å². The fraction of sp³-hybridized carbons (Fsp3) is 0.0625. The molecule has 3 rings (SSSR count). The molecular formula is C16H13NO2. The molecule has 3 nitrogen and oxygen atoms in total. The van der Waals surface area contributed by atoms with E-state index in [1.54, 1.807) is 0 Å². The number of hydrogen-bond acceptors (Lipinski definition) is 2. The highest BCUT2D eigenvalue weighted by atomic mass is 16.5. The van der Waals surface area contributed by atoms with Crippen molar-refractivity contribution in [2.24, 2.45) is 0 Å². The summed E-state index contributed by atoms with van der Waals surface area (Å²) in [6, 6.07) is 17.6. The number of carbonyl (C=O) groups excluding carboxylic acids is 1. The average molecular weight is 251 g/mol. The highest BCUT2D eigenvalue weighted by Crippen LogP contribution is 2.36. The van der Waals surface area contributed by atoms with Crippen LogP contribution in [0.15, 0.2) is 54.6 Å². The van der Waals surface area contributed by atoms with E-state index >= 15 is 0 Å². The molecule has 0 aliphatic carbocycles. The molecule has 0 spiro atoms. The molecule has 3 aromatic rings. The van der Waals surface area contributed by atoms with Crippen LogP contribution in [0, 0.1) is 0 Å². The molecule has 1 heterocycles. The molecule has 3 heteroatoms. The highest BCUT2D eigenvalue weighted by Gasteiger charge is 2.15. The SMILES string of the molecule is CC(=O)Oc1c(-c2ccccc2)[nH]c2ccccc12. The number of esters is 1. The van der Waals surface area contributed by atoms with Gasteiger partial charge < -0.3 is 9.72 Å². The quantitative estimate of drug-likeness (QED) is 0.704. The minimum Gasteiger partial charge on any atom is -0.424 e. The highest BCUT2D eigenvalue weighted by molar-refractivity contribution is 5.96. The van der Waals surface area contributed by atoms with Gasteiger partial charge in [-0.15, -0.1) is 0 Å². The smallest absolute Gasteiger partial charge is 0.308 e. The van der Waals surface area contributed by atoms with E-state index in [9.17, 15) is 4.79 Å². The maximum absolute atomic E-state index is 11.3. The van der Waals surface area contributed by atoms with Gasteiger partial charge in [0, 0.05) is 23.4 Å². The molecule has 0 amide bonds. The summed E-state index contributed by atoms with van der Waals surface area (Å²) >= 11 is 0. The van der Waals surface area contributed by atoms with Crippen LogP contribution >= 0.6 is 0 Å². The van der Waals surface area contributed by atoms with E-state index in [0.29, 0.717) is 5.75 Å². The zero-order chi connectivity index (χ0) is 13.2. The van der Waals surface area contributed by atoms with Crippen molar-refractivity contribution in [2.75, 3.05) is 0 Å². The molecular weight excluding hydrogens is 238 g/mol. The number of fused-ring (bicyclic) bond motifs is 1. The third-order valence-electron chi connectivity index (χ3n) is 2.97. The minimum atomic E-state index is -0.318. The summed E-state index contributed by atoms with van der Waals surface area (Å²) in [5.74, 6) is 0.274. The van der Waals surface area contributed by atoms with Gasteiger partial charge in [-0.3, -0.25) is 4.79 Å². The molecule has 0 bridgehead atoms. The number of ether oxygens (including phenoxy) is 1. The molecule has 0 aliphatic heterocycles. The van der Waals surface area contributed by atoms with E-state index in [0.717, 1.165) is 22.2 Å². The zero-order valence-corrected chi connectivity index (χ0v) is 10.5. The zero-order valence-electron chi connectivity index (χ0n) is 10.5. The number of carbonyl (C=O) groups is 1. The average Bonchev–Trinajstić information content (AvgIpc) is 2.78. The Morgan fingerprint density at radius 2 is 1.68 bits per heavy atom. The summed E-state index contributed by atoms with van der Waals surface area (Å²) in [5, 5.41) is 0.913. The Bertz CT molecular complexity index is 729. The van der Waals surface area contributed by atoms with E-state index in [-0.39, 0.29) is 5.97 Å². The molecule has 0 unspecified atom stereocenters. The van der Waals surface area contributed by atoms with Gasteiger partial charge in [0.1, 0.15) is 0 Å². The Morgan fingerprint density at radius 1 is 1.00 bits per heavy atom. The predicted molar refractivity (Wildman–Crippen MR) is 75.0 cm³/mol. The second-order valence-electron chi connectivity index (χ2n) is 4.33. The largest absolute Gasteiger partial charge is 0.424 e. The normalized spacial score (nSPS) is 10.6. The number of aromatic amines is 1. The lowest BCUT2D eigenvalue weighted by Crippen LogP contribution is -2.01. The lowest BCUT2D eigenvalue weighted by Gasteiger charge is -2.04. The summed E-state index contributed by atoms with van der Waals surface area (Å²) < 4.78 is 5.38. The van der Waals surface area contributed by atoms with E-state index in [2.05, 4.69) is 4.98 Å². The Kier molecular flexibility index (Phi) is 2.80. The van der Waals surface area contributed by atoms with Gasteiger partial charge >= 0.3 is 5.97 Å². The topological polar surface area (TPSA) is 42.1 Å². The molecule has 0 radical (unpaired) electrons. The summed E-state index contributed by atoms with van der Waals surface area (Å²) in [7, 11) is 0. The van der Waals surface area contributed by atoms with Crippen LogP contribution in [0.5, 0.6) is 5.75 Å². The van der Waals surface area contributed by atoms with Crippen molar-refractivity contribution < 1.29 is 9.53 Å². The summed E-state index contributed by atoms with van der Waals surface area (Å²) in [4.78, 5) is 14.6. The molecule has 0 saturated carbocycles. The fourth-order valence-corrected chi connectivity index (χ4v) is 2.17. The second kappa shape index (κ2) is 4.61. The van der Waals surface area contributed by atoms with Gasteiger partial charge in [-0.2, -0.15) is 0 Å².